The van der Waals surface area contributed by atoms with E-state index in [1.54, 1.807) is 0 Å². The number of carbonyl (C=O) groups is 1. The lowest BCUT2D eigenvalue weighted by atomic mass is 10.0. The average Bonchev–Trinajstić information content (AvgIpc) is 2.97. The van der Waals surface area contributed by atoms with Gasteiger partial charge >= 0.3 is 0 Å². The van der Waals surface area contributed by atoms with Crippen LogP contribution in [0, 0.1) is 0 Å². The van der Waals surface area contributed by atoms with E-state index in [4.69, 9.17) is 15.6 Å². The van der Waals surface area contributed by atoms with Crippen LogP contribution in [-0.4, -0.2) is 38.9 Å². The van der Waals surface area contributed by atoms with Gasteiger partial charge in [0.25, 0.3) is 0 Å². The second kappa shape index (κ2) is 7.29. The van der Waals surface area contributed by atoms with Gasteiger partial charge in [-0.1, -0.05) is 6.92 Å². The van der Waals surface area contributed by atoms with Crippen LogP contribution in [-0.2, 0) is 16.6 Å². The first-order valence-electron chi connectivity index (χ1n) is 7.67. The number of primary amides is 1. The molecule has 0 aliphatic carbocycles. The number of hydrogen-bond donors (Lipinski definition) is 2. The lowest BCUT2D eigenvalue weighted by Gasteiger charge is -2.20. The molecular weight excluding hydrogens is 318 g/mol. The molecule has 0 spiro atoms. The smallest absolute Gasteiger partial charge is 0.249 e. The normalized spacial score (nSPS) is 15.7. The van der Waals surface area contributed by atoms with E-state index in [2.05, 4.69) is 4.90 Å². The summed E-state index contributed by atoms with van der Waals surface area (Å²) in [5, 5.41) is 5.19. The van der Waals surface area contributed by atoms with Crippen molar-refractivity contribution in [2.24, 2.45) is 10.9 Å². The Labute approximate surface area is 136 Å². The predicted octanol–water partition coefficient (Wildman–Crippen LogP) is 0.817. The molecule has 2 rings (SSSR count). The molecule has 1 heterocycles. The third-order valence-corrected chi connectivity index (χ3v) is 4.71. The minimum absolute atomic E-state index is 0.148. The Morgan fingerprint density at radius 1 is 1.30 bits per heavy atom. The third-order valence-electron chi connectivity index (χ3n) is 3.82. The van der Waals surface area contributed by atoms with Crippen molar-refractivity contribution in [1.29, 1.82) is 0 Å². The minimum atomic E-state index is -3.95. The number of nitrogens with two attached hydrogens (primary N) is 2. The summed E-state index contributed by atoms with van der Waals surface area (Å²) in [6.07, 6.45) is 2.97. The van der Waals surface area contributed by atoms with Crippen LogP contribution >= 0.6 is 0 Å². The monoisotopic (exact) mass is 341 g/mol. The number of benzene rings is 1. The second-order valence-electron chi connectivity index (χ2n) is 5.69. The van der Waals surface area contributed by atoms with Crippen LogP contribution in [0.2, 0.25) is 0 Å². The first kappa shape index (κ1) is 17.7. The van der Waals surface area contributed by atoms with Crippen molar-refractivity contribution >= 4 is 15.9 Å². The highest BCUT2D eigenvalue weighted by Crippen LogP contribution is 2.29. The summed E-state index contributed by atoms with van der Waals surface area (Å²) in [5.74, 6) is -0.329. The van der Waals surface area contributed by atoms with Gasteiger partial charge in [0.05, 0.1) is 11.5 Å². The fourth-order valence-corrected chi connectivity index (χ4v) is 3.23. The molecule has 0 unspecified atom stereocenters. The zero-order valence-electron chi connectivity index (χ0n) is 13.2. The topological polar surface area (TPSA) is 116 Å². The minimum Gasteiger partial charge on any atom is -0.493 e. The van der Waals surface area contributed by atoms with Gasteiger partial charge in [-0.05, 0) is 38.4 Å². The van der Waals surface area contributed by atoms with Crippen molar-refractivity contribution in [3.8, 4) is 5.75 Å². The lowest BCUT2D eigenvalue weighted by molar-refractivity contribution is 0.0997. The largest absolute Gasteiger partial charge is 0.493 e. The van der Waals surface area contributed by atoms with Gasteiger partial charge < -0.3 is 10.5 Å². The fourth-order valence-electron chi connectivity index (χ4n) is 2.67. The number of carbonyl (C=O) groups excluding carboxylic acids is 1. The SMILES string of the molecule is CCCOc1cc(S(N)(=O)=O)cc(C(N)=O)c1CN1CCCC1. The number of likely N-dealkylation sites (tertiary alicyclic amines) is 1. The molecule has 0 bridgehead atoms. The Hall–Kier alpha value is -1.64. The lowest BCUT2D eigenvalue weighted by Crippen LogP contribution is -2.24. The maximum Gasteiger partial charge on any atom is 0.249 e. The van der Waals surface area contributed by atoms with Crippen LogP contribution in [0.15, 0.2) is 17.0 Å². The van der Waals surface area contributed by atoms with Gasteiger partial charge in [-0.3, -0.25) is 9.69 Å². The molecule has 0 aromatic heterocycles. The molecule has 4 N–H and O–H groups in total. The molecule has 1 saturated heterocycles. The maximum absolute atomic E-state index is 11.8. The molecule has 1 aliphatic heterocycles. The number of nitrogens with zero attached hydrogens (tertiary/aromatic N) is 1. The standard InChI is InChI=1S/C15H23N3O4S/c1-2-7-22-14-9-11(23(17,20)21)8-12(15(16)19)13(14)10-18-5-3-4-6-18/h8-9H,2-7,10H2,1H3,(H2,16,19)(H2,17,20,21). The molecule has 0 saturated carbocycles. The summed E-state index contributed by atoms with van der Waals surface area (Å²) >= 11 is 0. The van der Waals surface area contributed by atoms with E-state index in [9.17, 15) is 13.2 Å². The molecule has 128 valence electrons. The van der Waals surface area contributed by atoms with Gasteiger partial charge in [-0.25, -0.2) is 13.6 Å². The Balaban J connectivity index is 2.51. The van der Waals surface area contributed by atoms with Crippen molar-refractivity contribution in [2.45, 2.75) is 37.6 Å². The van der Waals surface area contributed by atoms with Crippen molar-refractivity contribution in [1.82, 2.24) is 4.90 Å². The Morgan fingerprint density at radius 3 is 2.48 bits per heavy atom. The van der Waals surface area contributed by atoms with Gasteiger partial charge in [0.1, 0.15) is 5.75 Å². The molecule has 0 radical (unpaired) electrons. The van der Waals surface area contributed by atoms with Crippen LogP contribution in [0.4, 0.5) is 0 Å². The van der Waals surface area contributed by atoms with Gasteiger partial charge in [-0.15, -0.1) is 0 Å². The van der Waals surface area contributed by atoms with E-state index in [0.29, 0.717) is 24.5 Å². The molecule has 1 aliphatic rings. The Kier molecular flexibility index (Phi) is 5.61. The van der Waals surface area contributed by atoms with E-state index < -0.39 is 15.9 Å². The highest BCUT2D eigenvalue weighted by molar-refractivity contribution is 7.89. The van der Waals surface area contributed by atoms with Crippen LogP contribution in [0.5, 0.6) is 5.75 Å². The molecule has 1 aromatic rings. The second-order valence-corrected chi connectivity index (χ2v) is 7.25. The van der Waals surface area contributed by atoms with E-state index >= 15 is 0 Å². The highest BCUT2D eigenvalue weighted by Gasteiger charge is 2.23. The maximum atomic E-state index is 11.8. The van der Waals surface area contributed by atoms with Crippen LogP contribution in [0.25, 0.3) is 0 Å². The zero-order valence-corrected chi connectivity index (χ0v) is 14.1. The van der Waals surface area contributed by atoms with Crippen LogP contribution < -0.4 is 15.6 Å². The molecule has 1 amide bonds. The molecule has 0 atom stereocenters. The number of rotatable bonds is 7. The van der Waals surface area contributed by atoms with Crippen molar-refractivity contribution in [2.75, 3.05) is 19.7 Å². The van der Waals surface area contributed by atoms with Crippen molar-refractivity contribution < 1.29 is 17.9 Å². The molecule has 1 fully saturated rings. The number of amides is 1. The number of ether oxygens (including phenoxy) is 1. The van der Waals surface area contributed by atoms with Crippen LogP contribution in [0.1, 0.15) is 42.1 Å². The quantitative estimate of drug-likeness (QED) is 0.761. The predicted molar refractivity (Wildman–Crippen MR) is 86.6 cm³/mol. The highest BCUT2D eigenvalue weighted by atomic mass is 32.2. The summed E-state index contributed by atoms with van der Waals surface area (Å²) in [5.41, 5.74) is 6.22. The van der Waals surface area contributed by atoms with Gasteiger partial charge in [0, 0.05) is 23.7 Å². The van der Waals surface area contributed by atoms with Crippen LogP contribution in [0.3, 0.4) is 0 Å². The van der Waals surface area contributed by atoms with E-state index in [-0.39, 0.29) is 10.5 Å². The zero-order chi connectivity index (χ0) is 17.0. The summed E-state index contributed by atoms with van der Waals surface area (Å²) in [6, 6.07) is 2.62. The van der Waals surface area contributed by atoms with Crippen molar-refractivity contribution in [3.05, 3.63) is 23.3 Å². The molecule has 8 heteroatoms. The van der Waals surface area contributed by atoms with E-state index in [1.165, 1.54) is 12.1 Å². The third kappa shape index (κ3) is 4.43. The fraction of sp³-hybridized carbons (Fsp3) is 0.533. The van der Waals surface area contributed by atoms with Gasteiger partial charge in [0.15, 0.2) is 0 Å². The van der Waals surface area contributed by atoms with Gasteiger partial charge in [0.2, 0.25) is 15.9 Å². The summed E-state index contributed by atoms with van der Waals surface area (Å²) in [7, 11) is -3.95. The number of hydrogen-bond acceptors (Lipinski definition) is 5. The number of sulfonamides is 1. The van der Waals surface area contributed by atoms with E-state index in [1.807, 2.05) is 6.92 Å². The molecule has 23 heavy (non-hydrogen) atoms. The van der Waals surface area contributed by atoms with E-state index in [0.717, 1.165) is 32.4 Å². The molecule has 1 aromatic carbocycles. The summed E-state index contributed by atoms with van der Waals surface area (Å²) < 4.78 is 29.0. The van der Waals surface area contributed by atoms with Crippen molar-refractivity contribution in [3.63, 3.8) is 0 Å². The summed E-state index contributed by atoms with van der Waals surface area (Å²) in [4.78, 5) is 13.8. The Morgan fingerprint density at radius 2 is 1.96 bits per heavy atom. The van der Waals surface area contributed by atoms with Gasteiger partial charge in [-0.2, -0.15) is 0 Å². The molecular formula is C15H23N3O4S. The first-order chi connectivity index (χ1) is 10.8. The first-order valence-corrected chi connectivity index (χ1v) is 9.22. The number of primary sulfonamides is 1. The summed E-state index contributed by atoms with van der Waals surface area (Å²) in [6.45, 7) is 4.73. The Bertz CT molecular complexity index is 682. The average molecular weight is 341 g/mol. The molecule has 7 nitrogen and oxygen atoms in total.